The fourth-order valence-corrected chi connectivity index (χ4v) is 3.70. The van der Waals surface area contributed by atoms with E-state index in [1.807, 2.05) is 6.92 Å². The Balaban J connectivity index is 2.05. The van der Waals surface area contributed by atoms with Gasteiger partial charge in [-0.3, -0.25) is 14.4 Å². The average molecular weight is 296 g/mol. The first-order chi connectivity index (χ1) is 9.90. The molecular formula is C16H24O5. The molecule has 5 unspecified atom stereocenters. The van der Waals surface area contributed by atoms with E-state index in [4.69, 9.17) is 4.74 Å². The summed E-state index contributed by atoms with van der Waals surface area (Å²) in [5.74, 6) is -0.230. The molecule has 5 nitrogen and oxygen atoms in total. The molecule has 0 aromatic carbocycles. The van der Waals surface area contributed by atoms with Crippen molar-refractivity contribution in [3.63, 3.8) is 0 Å². The van der Waals surface area contributed by atoms with Crippen LogP contribution in [0.1, 0.15) is 46.0 Å². The second kappa shape index (κ2) is 6.58. The lowest BCUT2D eigenvalue weighted by Gasteiger charge is -2.38. The predicted molar refractivity (Wildman–Crippen MR) is 75.3 cm³/mol. The van der Waals surface area contributed by atoms with E-state index in [0.29, 0.717) is 12.3 Å². The summed E-state index contributed by atoms with van der Waals surface area (Å²) in [7, 11) is 1.34. The summed E-state index contributed by atoms with van der Waals surface area (Å²) < 4.78 is 10.1. The fourth-order valence-electron chi connectivity index (χ4n) is 3.70. The lowest BCUT2D eigenvalue weighted by molar-refractivity contribution is -0.165. The van der Waals surface area contributed by atoms with Crippen molar-refractivity contribution in [1.82, 2.24) is 0 Å². The van der Waals surface area contributed by atoms with E-state index >= 15 is 0 Å². The van der Waals surface area contributed by atoms with Gasteiger partial charge in [0.1, 0.15) is 11.9 Å². The van der Waals surface area contributed by atoms with E-state index < -0.39 is 0 Å². The van der Waals surface area contributed by atoms with Crippen molar-refractivity contribution in [2.75, 3.05) is 7.11 Å². The van der Waals surface area contributed by atoms with Gasteiger partial charge in [-0.2, -0.15) is 0 Å². The maximum absolute atomic E-state index is 12.4. The lowest BCUT2D eigenvalue weighted by Crippen LogP contribution is -2.43. The number of carbonyl (C=O) groups excluding carboxylic acids is 3. The van der Waals surface area contributed by atoms with Crippen LogP contribution in [0.25, 0.3) is 0 Å². The molecule has 2 fully saturated rings. The first kappa shape index (κ1) is 16.0. The number of rotatable bonds is 3. The highest BCUT2D eigenvalue weighted by Gasteiger charge is 2.42. The van der Waals surface area contributed by atoms with Gasteiger partial charge in [0, 0.05) is 18.8 Å². The predicted octanol–water partition coefficient (Wildman–Crippen LogP) is 2.12. The Bertz CT molecular complexity index is 430. The van der Waals surface area contributed by atoms with E-state index in [9.17, 15) is 14.4 Å². The normalized spacial score (nSPS) is 37.0. The maximum Gasteiger partial charge on any atom is 0.306 e. The molecule has 1 saturated heterocycles. The van der Waals surface area contributed by atoms with Gasteiger partial charge in [0.2, 0.25) is 0 Å². The van der Waals surface area contributed by atoms with Crippen LogP contribution in [-0.2, 0) is 23.9 Å². The van der Waals surface area contributed by atoms with Crippen LogP contribution < -0.4 is 0 Å². The van der Waals surface area contributed by atoms with Crippen molar-refractivity contribution in [2.24, 2.45) is 23.7 Å². The second-order valence-electron chi connectivity index (χ2n) is 6.60. The first-order valence-electron chi connectivity index (χ1n) is 7.70. The number of esters is 2. The van der Waals surface area contributed by atoms with E-state index in [-0.39, 0.29) is 54.4 Å². The van der Waals surface area contributed by atoms with E-state index in [1.165, 1.54) is 7.11 Å². The van der Waals surface area contributed by atoms with Crippen molar-refractivity contribution in [3.05, 3.63) is 0 Å². The van der Waals surface area contributed by atoms with Crippen molar-refractivity contribution < 1.29 is 23.9 Å². The van der Waals surface area contributed by atoms with Crippen molar-refractivity contribution in [3.8, 4) is 0 Å². The van der Waals surface area contributed by atoms with Gasteiger partial charge >= 0.3 is 11.9 Å². The fraction of sp³-hybridized carbons (Fsp3) is 0.812. The molecule has 21 heavy (non-hydrogen) atoms. The number of ketones is 1. The highest BCUT2D eigenvalue weighted by Crippen LogP contribution is 2.37. The SMILES string of the molecule is COC(=O)CC1CC(=O)OC(C2CC(C)CC(C)C2=O)C1. The van der Waals surface area contributed by atoms with Gasteiger partial charge in [0.15, 0.2) is 0 Å². The van der Waals surface area contributed by atoms with Crippen LogP contribution in [0.2, 0.25) is 0 Å². The van der Waals surface area contributed by atoms with Crippen LogP contribution in [0.15, 0.2) is 0 Å². The second-order valence-corrected chi connectivity index (χ2v) is 6.60. The first-order valence-corrected chi connectivity index (χ1v) is 7.70. The zero-order valence-electron chi connectivity index (χ0n) is 13.0. The monoisotopic (exact) mass is 296 g/mol. The van der Waals surface area contributed by atoms with Crippen molar-refractivity contribution >= 4 is 17.7 Å². The molecule has 1 saturated carbocycles. The Labute approximate surface area is 125 Å². The molecule has 0 bridgehead atoms. The molecule has 5 atom stereocenters. The number of hydrogen-bond acceptors (Lipinski definition) is 5. The molecule has 1 heterocycles. The summed E-state index contributed by atoms with van der Waals surface area (Å²) in [6.07, 6.45) is 2.33. The summed E-state index contributed by atoms with van der Waals surface area (Å²) in [5.41, 5.74) is 0. The van der Waals surface area contributed by atoms with E-state index in [0.717, 1.165) is 12.8 Å². The summed E-state index contributed by atoms with van der Waals surface area (Å²) >= 11 is 0. The Morgan fingerprint density at radius 2 is 1.95 bits per heavy atom. The van der Waals surface area contributed by atoms with Crippen molar-refractivity contribution in [2.45, 2.75) is 52.1 Å². The van der Waals surface area contributed by atoms with Gasteiger partial charge in [-0.25, -0.2) is 0 Å². The molecule has 5 heteroatoms. The minimum absolute atomic E-state index is 0.0263. The number of ether oxygens (including phenoxy) is 2. The molecule has 0 radical (unpaired) electrons. The average Bonchev–Trinajstić information content (AvgIpc) is 2.42. The van der Waals surface area contributed by atoms with Gasteiger partial charge in [-0.05, 0) is 31.1 Å². The van der Waals surface area contributed by atoms with Gasteiger partial charge in [0.05, 0.1) is 13.0 Å². The van der Waals surface area contributed by atoms with Crippen LogP contribution in [-0.4, -0.2) is 30.9 Å². The summed E-state index contributed by atoms with van der Waals surface area (Å²) in [6.45, 7) is 4.08. The number of hydrogen-bond donors (Lipinski definition) is 0. The van der Waals surface area contributed by atoms with Gasteiger partial charge < -0.3 is 9.47 Å². The minimum atomic E-state index is -0.376. The Kier molecular flexibility index (Phi) is 5.01. The topological polar surface area (TPSA) is 69.7 Å². The zero-order chi connectivity index (χ0) is 15.6. The Morgan fingerprint density at radius 3 is 2.62 bits per heavy atom. The van der Waals surface area contributed by atoms with Crippen LogP contribution in [0, 0.1) is 23.7 Å². The highest BCUT2D eigenvalue weighted by atomic mass is 16.5. The van der Waals surface area contributed by atoms with Crippen molar-refractivity contribution in [1.29, 1.82) is 0 Å². The standard InChI is InChI=1S/C16H24O5/c1-9-4-10(2)16(19)12(5-9)13-6-11(7-14(17)20-3)8-15(18)21-13/h9-13H,4-8H2,1-3H3. The van der Waals surface area contributed by atoms with Gasteiger partial charge in [-0.15, -0.1) is 0 Å². The number of Topliss-reactive ketones (excluding diaryl/α,β-unsaturated/α-hetero) is 1. The molecule has 2 rings (SSSR count). The van der Waals surface area contributed by atoms with Gasteiger partial charge in [-0.1, -0.05) is 13.8 Å². The summed E-state index contributed by atoms with van der Waals surface area (Å²) in [6, 6.07) is 0. The molecule has 0 N–H and O–H groups in total. The molecular weight excluding hydrogens is 272 g/mol. The summed E-state index contributed by atoms with van der Waals surface area (Å²) in [4.78, 5) is 35.6. The van der Waals surface area contributed by atoms with E-state index in [2.05, 4.69) is 11.7 Å². The smallest absolute Gasteiger partial charge is 0.306 e. The third kappa shape index (κ3) is 3.83. The maximum atomic E-state index is 12.4. The molecule has 1 aliphatic heterocycles. The minimum Gasteiger partial charge on any atom is -0.469 e. The Hall–Kier alpha value is -1.39. The quantitative estimate of drug-likeness (QED) is 0.746. The van der Waals surface area contributed by atoms with Crippen LogP contribution in [0.4, 0.5) is 0 Å². The molecule has 0 aromatic heterocycles. The molecule has 1 aliphatic carbocycles. The molecule has 0 spiro atoms. The number of carbonyl (C=O) groups is 3. The van der Waals surface area contributed by atoms with Crippen LogP contribution in [0.5, 0.6) is 0 Å². The third-order valence-corrected chi connectivity index (χ3v) is 4.70. The van der Waals surface area contributed by atoms with Gasteiger partial charge in [0.25, 0.3) is 0 Å². The highest BCUT2D eigenvalue weighted by molar-refractivity contribution is 5.85. The summed E-state index contributed by atoms with van der Waals surface area (Å²) in [5, 5.41) is 0. The molecule has 0 amide bonds. The molecule has 0 aromatic rings. The lowest BCUT2D eigenvalue weighted by atomic mass is 9.71. The molecule has 2 aliphatic rings. The molecule has 118 valence electrons. The van der Waals surface area contributed by atoms with E-state index in [1.54, 1.807) is 0 Å². The largest absolute Gasteiger partial charge is 0.469 e. The van der Waals surface area contributed by atoms with Crippen LogP contribution >= 0.6 is 0 Å². The number of methoxy groups -OCH3 is 1. The Morgan fingerprint density at radius 1 is 1.24 bits per heavy atom. The number of cyclic esters (lactones) is 1. The van der Waals surface area contributed by atoms with Crippen LogP contribution in [0.3, 0.4) is 0 Å². The zero-order valence-corrected chi connectivity index (χ0v) is 13.0. The third-order valence-electron chi connectivity index (χ3n) is 4.70.